The van der Waals surface area contributed by atoms with Crippen molar-refractivity contribution in [2.75, 3.05) is 52.9 Å². The van der Waals surface area contributed by atoms with Crippen LogP contribution in [0.25, 0.3) is 0 Å². The summed E-state index contributed by atoms with van der Waals surface area (Å²) in [6, 6.07) is 0. The fraction of sp³-hybridized carbons (Fsp3) is 0.929. The molecule has 0 aliphatic carbocycles. The van der Waals surface area contributed by atoms with Crippen LogP contribution in [-0.4, -0.2) is 68.4 Å². The second-order valence-corrected chi connectivity index (χ2v) is 5.76. The number of nitrogens with one attached hydrogen (secondary N) is 1. The first-order valence-electron chi connectivity index (χ1n) is 7.40. The van der Waals surface area contributed by atoms with Gasteiger partial charge in [0, 0.05) is 45.1 Å². The topological polar surface area (TPSA) is 35.6 Å². The number of carbonyl (C=O) groups excluding carboxylic acids is 1. The van der Waals surface area contributed by atoms with E-state index in [0.717, 1.165) is 65.1 Å². The lowest BCUT2D eigenvalue weighted by atomic mass is 9.92. The number of Topliss-reactive ketones (excluding diaryl/α,β-unsaturated/α-hetero) is 1. The quantitative estimate of drug-likeness (QED) is 0.777. The number of carbonyl (C=O) groups is 1. The van der Waals surface area contributed by atoms with Gasteiger partial charge in [0.05, 0.1) is 0 Å². The Kier molecular flexibility index (Phi) is 5.60. The molecular formula is C14H27N3O. The second-order valence-electron chi connectivity index (χ2n) is 5.76. The van der Waals surface area contributed by atoms with Gasteiger partial charge in [0.2, 0.25) is 0 Å². The lowest BCUT2D eigenvalue weighted by molar-refractivity contribution is -0.124. The predicted molar refractivity (Wildman–Crippen MR) is 73.8 cm³/mol. The molecule has 0 aromatic carbocycles. The van der Waals surface area contributed by atoms with Crippen LogP contribution in [0.15, 0.2) is 0 Å². The van der Waals surface area contributed by atoms with Gasteiger partial charge in [0.1, 0.15) is 5.78 Å². The molecule has 0 aromatic heterocycles. The summed E-state index contributed by atoms with van der Waals surface area (Å²) in [5, 5.41) is 3.36. The monoisotopic (exact) mass is 253 g/mol. The number of nitrogens with zero attached hydrogens (tertiary/aromatic N) is 2. The molecule has 1 N–H and O–H groups in total. The van der Waals surface area contributed by atoms with Gasteiger partial charge < -0.3 is 15.1 Å². The van der Waals surface area contributed by atoms with Crippen molar-refractivity contribution >= 4 is 5.78 Å². The fourth-order valence-corrected chi connectivity index (χ4v) is 3.04. The Labute approximate surface area is 111 Å². The van der Waals surface area contributed by atoms with Gasteiger partial charge in [-0.15, -0.1) is 0 Å². The average Bonchev–Trinajstić information content (AvgIpc) is 2.40. The molecule has 1 atom stereocenters. The van der Waals surface area contributed by atoms with Crippen molar-refractivity contribution in [1.82, 2.24) is 15.1 Å². The Morgan fingerprint density at radius 3 is 2.78 bits per heavy atom. The molecule has 2 fully saturated rings. The maximum atomic E-state index is 12.1. The summed E-state index contributed by atoms with van der Waals surface area (Å²) < 4.78 is 0. The van der Waals surface area contributed by atoms with Crippen LogP contribution in [0.1, 0.15) is 25.7 Å². The molecule has 2 saturated heterocycles. The van der Waals surface area contributed by atoms with E-state index in [-0.39, 0.29) is 0 Å². The molecule has 0 bridgehead atoms. The molecule has 18 heavy (non-hydrogen) atoms. The molecule has 0 spiro atoms. The number of hydrogen-bond acceptors (Lipinski definition) is 4. The summed E-state index contributed by atoms with van der Waals surface area (Å²) in [5.74, 6) is 0.809. The van der Waals surface area contributed by atoms with Crippen molar-refractivity contribution in [3.63, 3.8) is 0 Å². The highest BCUT2D eigenvalue weighted by Gasteiger charge is 2.23. The van der Waals surface area contributed by atoms with E-state index in [1.54, 1.807) is 0 Å². The number of piperazine rings is 1. The van der Waals surface area contributed by atoms with Gasteiger partial charge in [-0.2, -0.15) is 0 Å². The van der Waals surface area contributed by atoms with Crippen molar-refractivity contribution in [3.8, 4) is 0 Å². The normalized spacial score (nSPS) is 27.3. The van der Waals surface area contributed by atoms with Crippen LogP contribution in [-0.2, 0) is 4.79 Å². The van der Waals surface area contributed by atoms with Gasteiger partial charge in [-0.05, 0) is 39.4 Å². The third-order valence-corrected chi connectivity index (χ3v) is 4.19. The molecule has 2 rings (SSSR count). The first-order valence-corrected chi connectivity index (χ1v) is 7.40. The standard InChI is InChI=1S/C14H27N3O/c1-16-8-2-4-13(12-16)14(18)5-3-9-17-10-6-15-7-11-17/h13,15H,2-12H2,1H3. The summed E-state index contributed by atoms with van der Waals surface area (Å²) in [4.78, 5) is 16.9. The molecule has 104 valence electrons. The number of hydrogen-bond donors (Lipinski definition) is 1. The number of likely N-dealkylation sites (tertiary alicyclic amines) is 1. The smallest absolute Gasteiger partial charge is 0.137 e. The minimum Gasteiger partial charge on any atom is -0.314 e. The summed E-state index contributed by atoms with van der Waals surface area (Å²) in [5.41, 5.74) is 0. The number of piperidine rings is 1. The minimum atomic E-state index is 0.312. The zero-order valence-electron chi connectivity index (χ0n) is 11.7. The molecule has 0 amide bonds. The van der Waals surface area contributed by atoms with Crippen molar-refractivity contribution in [1.29, 1.82) is 0 Å². The zero-order valence-corrected chi connectivity index (χ0v) is 11.7. The largest absolute Gasteiger partial charge is 0.314 e. The van der Waals surface area contributed by atoms with Crippen LogP contribution in [0.3, 0.4) is 0 Å². The van der Waals surface area contributed by atoms with Crippen LogP contribution >= 0.6 is 0 Å². The van der Waals surface area contributed by atoms with E-state index in [1.807, 2.05) is 0 Å². The highest BCUT2D eigenvalue weighted by atomic mass is 16.1. The first kappa shape index (κ1) is 14.0. The van der Waals surface area contributed by atoms with Crippen LogP contribution in [0.2, 0.25) is 0 Å². The van der Waals surface area contributed by atoms with Gasteiger partial charge in [0.25, 0.3) is 0 Å². The molecule has 1 unspecified atom stereocenters. The van der Waals surface area contributed by atoms with Crippen molar-refractivity contribution < 1.29 is 4.79 Å². The lowest BCUT2D eigenvalue weighted by Crippen LogP contribution is -2.44. The van der Waals surface area contributed by atoms with E-state index < -0.39 is 0 Å². The molecule has 0 radical (unpaired) electrons. The van der Waals surface area contributed by atoms with E-state index >= 15 is 0 Å². The third kappa shape index (κ3) is 4.34. The summed E-state index contributed by atoms with van der Waals surface area (Å²) in [6.45, 7) is 7.70. The predicted octanol–water partition coefficient (Wildman–Crippen LogP) is 0.583. The molecule has 2 heterocycles. The maximum absolute atomic E-state index is 12.1. The molecule has 0 aromatic rings. The Hall–Kier alpha value is -0.450. The van der Waals surface area contributed by atoms with Gasteiger partial charge in [0.15, 0.2) is 0 Å². The van der Waals surface area contributed by atoms with Crippen LogP contribution in [0.5, 0.6) is 0 Å². The summed E-state index contributed by atoms with van der Waals surface area (Å²) in [7, 11) is 2.13. The summed E-state index contributed by atoms with van der Waals surface area (Å²) in [6.07, 6.45) is 4.11. The van der Waals surface area contributed by atoms with E-state index in [4.69, 9.17) is 0 Å². The highest BCUT2D eigenvalue weighted by molar-refractivity contribution is 5.81. The van der Waals surface area contributed by atoms with Gasteiger partial charge >= 0.3 is 0 Å². The Bertz CT molecular complexity index is 264. The van der Waals surface area contributed by atoms with Crippen LogP contribution < -0.4 is 5.32 Å². The van der Waals surface area contributed by atoms with Gasteiger partial charge in [-0.1, -0.05) is 0 Å². The van der Waals surface area contributed by atoms with E-state index in [1.165, 1.54) is 6.42 Å². The van der Waals surface area contributed by atoms with E-state index in [9.17, 15) is 4.79 Å². The maximum Gasteiger partial charge on any atom is 0.137 e. The van der Waals surface area contributed by atoms with E-state index in [2.05, 4.69) is 22.2 Å². The highest BCUT2D eigenvalue weighted by Crippen LogP contribution is 2.18. The molecular weight excluding hydrogens is 226 g/mol. The van der Waals surface area contributed by atoms with Crippen LogP contribution in [0.4, 0.5) is 0 Å². The van der Waals surface area contributed by atoms with E-state index in [0.29, 0.717) is 11.7 Å². The average molecular weight is 253 g/mol. The summed E-state index contributed by atoms with van der Waals surface area (Å²) >= 11 is 0. The molecule has 4 nitrogen and oxygen atoms in total. The van der Waals surface area contributed by atoms with Gasteiger partial charge in [-0.25, -0.2) is 0 Å². The molecule has 2 aliphatic rings. The van der Waals surface area contributed by atoms with Gasteiger partial charge in [-0.3, -0.25) is 4.79 Å². The Balaban J connectivity index is 1.61. The van der Waals surface area contributed by atoms with Crippen molar-refractivity contribution in [2.24, 2.45) is 5.92 Å². The van der Waals surface area contributed by atoms with Crippen molar-refractivity contribution in [3.05, 3.63) is 0 Å². The Morgan fingerprint density at radius 2 is 2.06 bits per heavy atom. The molecule has 0 saturated carbocycles. The number of rotatable bonds is 5. The SMILES string of the molecule is CN1CCCC(C(=O)CCCN2CCNCC2)C1. The van der Waals surface area contributed by atoms with Crippen LogP contribution in [0, 0.1) is 5.92 Å². The zero-order chi connectivity index (χ0) is 12.8. The van der Waals surface area contributed by atoms with Crippen molar-refractivity contribution in [2.45, 2.75) is 25.7 Å². The fourth-order valence-electron chi connectivity index (χ4n) is 3.04. The second kappa shape index (κ2) is 7.22. The molecule has 4 heteroatoms. The first-order chi connectivity index (χ1) is 8.75. The Morgan fingerprint density at radius 1 is 1.28 bits per heavy atom. The number of ketones is 1. The third-order valence-electron chi connectivity index (χ3n) is 4.19. The lowest BCUT2D eigenvalue weighted by Gasteiger charge is -2.29. The minimum absolute atomic E-state index is 0.312. The molecule has 2 aliphatic heterocycles.